The van der Waals surface area contributed by atoms with E-state index in [0.29, 0.717) is 18.1 Å². The summed E-state index contributed by atoms with van der Waals surface area (Å²) in [7, 11) is 0. The molecule has 0 saturated heterocycles. The molecule has 2 aliphatic rings. The standard InChI is InChI=1S/C17H25ClN2O/c1-2-12-5-3-4-6-16(12)21-17-9-13(15(18)11-20-17)10-19-14-7-8-14/h9,11-12,14,16,19H,2-8,10H2,1H3. The first-order chi connectivity index (χ1) is 10.3. The van der Waals surface area contributed by atoms with Crippen LogP contribution < -0.4 is 10.1 Å². The van der Waals surface area contributed by atoms with Crippen LogP contribution in [0.15, 0.2) is 12.3 Å². The molecule has 2 fully saturated rings. The van der Waals surface area contributed by atoms with Crippen LogP contribution in [-0.2, 0) is 6.54 Å². The second kappa shape index (κ2) is 6.97. The molecule has 2 atom stereocenters. The average Bonchev–Trinajstić information content (AvgIpc) is 3.32. The normalized spacial score (nSPS) is 25.8. The third kappa shape index (κ3) is 4.10. The van der Waals surface area contributed by atoms with E-state index in [1.807, 2.05) is 6.07 Å². The highest BCUT2D eigenvalue weighted by Crippen LogP contribution is 2.31. The van der Waals surface area contributed by atoms with Gasteiger partial charge in [-0.3, -0.25) is 0 Å². The second-order valence-electron chi connectivity index (χ2n) is 6.38. The Labute approximate surface area is 132 Å². The maximum absolute atomic E-state index is 6.24. The number of rotatable bonds is 6. The Bertz CT molecular complexity index is 476. The summed E-state index contributed by atoms with van der Waals surface area (Å²) in [6.07, 6.45) is 10.8. The first kappa shape index (κ1) is 15.1. The lowest BCUT2D eigenvalue weighted by Crippen LogP contribution is -2.30. The highest BCUT2D eigenvalue weighted by molar-refractivity contribution is 6.31. The molecule has 3 nitrogen and oxygen atoms in total. The van der Waals surface area contributed by atoms with Gasteiger partial charge in [0.1, 0.15) is 6.10 Å². The number of hydrogen-bond donors (Lipinski definition) is 1. The van der Waals surface area contributed by atoms with Gasteiger partial charge >= 0.3 is 0 Å². The minimum absolute atomic E-state index is 0.321. The summed E-state index contributed by atoms with van der Waals surface area (Å²) in [5.41, 5.74) is 1.09. The molecule has 2 saturated carbocycles. The fourth-order valence-corrected chi connectivity index (χ4v) is 3.32. The van der Waals surface area contributed by atoms with Crippen molar-refractivity contribution in [3.63, 3.8) is 0 Å². The molecule has 0 bridgehead atoms. The molecular weight excluding hydrogens is 284 g/mol. The lowest BCUT2D eigenvalue weighted by molar-refractivity contribution is 0.0857. The van der Waals surface area contributed by atoms with Crippen molar-refractivity contribution in [1.29, 1.82) is 0 Å². The summed E-state index contributed by atoms with van der Waals surface area (Å²) in [5, 5.41) is 4.22. The van der Waals surface area contributed by atoms with Crippen molar-refractivity contribution in [2.75, 3.05) is 0 Å². The largest absolute Gasteiger partial charge is 0.474 e. The Morgan fingerprint density at radius 1 is 1.29 bits per heavy atom. The number of nitrogens with zero attached hydrogens (tertiary/aromatic N) is 1. The summed E-state index contributed by atoms with van der Waals surface area (Å²) in [5.74, 6) is 1.40. The molecule has 1 heterocycles. The van der Waals surface area contributed by atoms with Crippen molar-refractivity contribution in [3.8, 4) is 5.88 Å². The Morgan fingerprint density at radius 2 is 2.10 bits per heavy atom. The zero-order valence-electron chi connectivity index (χ0n) is 12.8. The third-order valence-electron chi connectivity index (χ3n) is 4.70. The number of aromatic nitrogens is 1. The summed E-state index contributed by atoms with van der Waals surface area (Å²) >= 11 is 6.24. The number of hydrogen-bond acceptors (Lipinski definition) is 3. The fraction of sp³-hybridized carbons (Fsp3) is 0.706. The molecule has 1 aromatic rings. The third-order valence-corrected chi connectivity index (χ3v) is 5.04. The first-order valence-electron chi connectivity index (χ1n) is 8.30. The monoisotopic (exact) mass is 308 g/mol. The molecule has 0 amide bonds. The summed E-state index contributed by atoms with van der Waals surface area (Å²) < 4.78 is 6.18. The van der Waals surface area contributed by atoms with E-state index < -0.39 is 0 Å². The second-order valence-corrected chi connectivity index (χ2v) is 6.79. The van der Waals surface area contributed by atoms with E-state index >= 15 is 0 Å². The van der Waals surface area contributed by atoms with Crippen LogP contribution in [0.2, 0.25) is 5.02 Å². The van der Waals surface area contributed by atoms with Crippen LogP contribution in [0, 0.1) is 5.92 Å². The molecule has 2 aliphatic carbocycles. The van der Waals surface area contributed by atoms with Gasteiger partial charge in [0.25, 0.3) is 0 Å². The maximum atomic E-state index is 6.24. The van der Waals surface area contributed by atoms with E-state index in [0.717, 1.165) is 29.4 Å². The van der Waals surface area contributed by atoms with Crippen LogP contribution in [0.25, 0.3) is 0 Å². The Hall–Kier alpha value is -0.800. The van der Waals surface area contributed by atoms with Crippen molar-refractivity contribution >= 4 is 11.6 Å². The van der Waals surface area contributed by atoms with Gasteiger partial charge in [-0.05, 0) is 50.0 Å². The van der Waals surface area contributed by atoms with Crippen LogP contribution in [-0.4, -0.2) is 17.1 Å². The van der Waals surface area contributed by atoms with Crippen LogP contribution in [0.5, 0.6) is 5.88 Å². The fourth-order valence-electron chi connectivity index (χ4n) is 3.15. The van der Waals surface area contributed by atoms with Gasteiger partial charge in [-0.1, -0.05) is 24.9 Å². The van der Waals surface area contributed by atoms with E-state index in [1.165, 1.54) is 38.5 Å². The van der Waals surface area contributed by atoms with E-state index in [9.17, 15) is 0 Å². The molecule has 4 heteroatoms. The first-order valence-corrected chi connectivity index (χ1v) is 8.68. The summed E-state index contributed by atoms with van der Waals surface area (Å²) in [6.45, 7) is 3.07. The van der Waals surface area contributed by atoms with E-state index in [2.05, 4.69) is 17.2 Å². The predicted octanol–water partition coefficient (Wildman–Crippen LogP) is 4.33. The lowest BCUT2D eigenvalue weighted by atomic mass is 9.85. The number of nitrogens with one attached hydrogen (secondary N) is 1. The molecule has 1 N–H and O–H groups in total. The van der Waals surface area contributed by atoms with E-state index in [-0.39, 0.29) is 0 Å². The van der Waals surface area contributed by atoms with Crippen LogP contribution in [0.1, 0.15) is 57.4 Å². The molecule has 1 aromatic heterocycles. The van der Waals surface area contributed by atoms with E-state index in [4.69, 9.17) is 16.3 Å². The SMILES string of the molecule is CCC1CCCCC1Oc1cc(CNC2CC2)c(Cl)cn1. The molecule has 0 spiro atoms. The van der Waals surface area contributed by atoms with Crippen molar-refractivity contribution in [2.45, 2.75) is 70.6 Å². The topological polar surface area (TPSA) is 34.1 Å². The number of ether oxygens (including phenoxy) is 1. The van der Waals surface area contributed by atoms with Crippen molar-refractivity contribution in [1.82, 2.24) is 10.3 Å². The minimum Gasteiger partial charge on any atom is -0.474 e. The highest BCUT2D eigenvalue weighted by atomic mass is 35.5. The predicted molar refractivity (Wildman–Crippen MR) is 85.8 cm³/mol. The Kier molecular flexibility index (Phi) is 5.02. The Morgan fingerprint density at radius 3 is 2.86 bits per heavy atom. The summed E-state index contributed by atoms with van der Waals surface area (Å²) in [4.78, 5) is 4.36. The maximum Gasteiger partial charge on any atom is 0.213 e. The number of halogens is 1. The van der Waals surface area contributed by atoms with Crippen LogP contribution >= 0.6 is 11.6 Å². The van der Waals surface area contributed by atoms with Gasteiger partial charge < -0.3 is 10.1 Å². The lowest BCUT2D eigenvalue weighted by Gasteiger charge is -2.30. The van der Waals surface area contributed by atoms with Gasteiger partial charge in [-0.2, -0.15) is 0 Å². The van der Waals surface area contributed by atoms with Crippen molar-refractivity contribution in [2.24, 2.45) is 5.92 Å². The summed E-state index contributed by atoms with van der Waals surface area (Å²) in [6, 6.07) is 2.69. The highest BCUT2D eigenvalue weighted by Gasteiger charge is 2.26. The van der Waals surface area contributed by atoms with Gasteiger partial charge in [0.15, 0.2) is 0 Å². The molecular formula is C17H25ClN2O. The van der Waals surface area contributed by atoms with Crippen LogP contribution in [0.3, 0.4) is 0 Å². The minimum atomic E-state index is 0.321. The van der Waals surface area contributed by atoms with E-state index in [1.54, 1.807) is 6.20 Å². The van der Waals surface area contributed by atoms with Crippen LogP contribution in [0.4, 0.5) is 0 Å². The quantitative estimate of drug-likeness (QED) is 0.849. The van der Waals surface area contributed by atoms with Gasteiger partial charge in [0.05, 0.1) is 5.02 Å². The van der Waals surface area contributed by atoms with Gasteiger partial charge in [0, 0.05) is 24.8 Å². The molecule has 0 aliphatic heterocycles. The Balaban J connectivity index is 1.64. The zero-order chi connectivity index (χ0) is 14.7. The van der Waals surface area contributed by atoms with Gasteiger partial charge in [-0.25, -0.2) is 4.98 Å². The van der Waals surface area contributed by atoms with Crippen molar-refractivity contribution in [3.05, 3.63) is 22.8 Å². The molecule has 2 unspecified atom stereocenters. The molecule has 0 aromatic carbocycles. The smallest absolute Gasteiger partial charge is 0.213 e. The molecule has 3 rings (SSSR count). The average molecular weight is 309 g/mol. The molecule has 116 valence electrons. The van der Waals surface area contributed by atoms with Gasteiger partial charge in [0.2, 0.25) is 5.88 Å². The van der Waals surface area contributed by atoms with Crippen molar-refractivity contribution < 1.29 is 4.74 Å². The number of pyridine rings is 1. The van der Waals surface area contributed by atoms with Gasteiger partial charge in [-0.15, -0.1) is 0 Å². The zero-order valence-corrected chi connectivity index (χ0v) is 13.5. The molecule has 0 radical (unpaired) electrons. The molecule has 21 heavy (non-hydrogen) atoms.